The first-order valence-electron chi connectivity index (χ1n) is 12.0. The maximum atomic E-state index is 4.27. The summed E-state index contributed by atoms with van der Waals surface area (Å²) in [5, 5.41) is 0. The average molecular weight is 442 g/mol. The smallest absolute Gasteiger partial charge is 0.0922 e. The van der Waals surface area contributed by atoms with E-state index in [4.69, 9.17) is 0 Å². The molecule has 0 aliphatic rings. The molecule has 5 nitrogen and oxygen atoms in total. The minimum Gasteiger partial charge on any atom is -0.348 e. The number of imidazole rings is 2. The molecule has 0 saturated heterocycles. The Morgan fingerprint density at radius 2 is 1.61 bits per heavy atom. The second-order valence-corrected chi connectivity index (χ2v) is 9.08. The Bertz CT molecular complexity index is 1070. The lowest BCUT2D eigenvalue weighted by molar-refractivity contribution is 0.162. The van der Waals surface area contributed by atoms with Gasteiger partial charge < -0.3 is 9.97 Å². The van der Waals surface area contributed by atoms with E-state index in [0.717, 1.165) is 44.5 Å². The number of hydrogen-bond acceptors (Lipinski definition) is 3. The maximum Gasteiger partial charge on any atom is 0.0922 e. The third kappa shape index (κ3) is 6.90. The largest absolute Gasteiger partial charge is 0.348 e. The van der Waals surface area contributed by atoms with Gasteiger partial charge in [0.25, 0.3) is 0 Å². The van der Waals surface area contributed by atoms with E-state index in [1.165, 1.54) is 34.4 Å². The molecule has 33 heavy (non-hydrogen) atoms. The fourth-order valence-corrected chi connectivity index (χ4v) is 4.51. The highest BCUT2D eigenvalue weighted by molar-refractivity contribution is 5.30. The van der Waals surface area contributed by atoms with Gasteiger partial charge in [0.05, 0.1) is 12.7 Å². The van der Waals surface area contributed by atoms with Gasteiger partial charge in [-0.15, -0.1) is 0 Å². The molecule has 1 unspecified atom stereocenters. The standard InChI is InChI=1S/C28H35N5/c1-22-12-13-23(2)25(14-22)18-33(19-27-17-30-21-32-27)28(15-24-8-4-3-5-9-24)11-7-6-10-26-16-29-20-31-26/h3-5,8-9,12-14,16-17,20-21,28H,6-7,10-11,15,18-19H2,1-2H3,(H,29,31)(H,30,32). The van der Waals surface area contributed by atoms with Crippen LogP contribution < -0.4 is 0 Å². The van der Waals surface area contributed by atoms with E-state index in [1.54, 1.807) is 12.7 Å². The fraction of sp³-hybridized carbons (Fsp3) is 0.357. The monoisotopic (exact) mass is 441 g/mol. The zero-order valence-corrected chi connectivity index (χ0v) is 19.8. The van der Waals surface area contributed by atoms with E-state index >= 15 is 0 Å². The molecule has 0 saturated carbocycles. The van der Waals surface area contributed by atoms with Crippen molar-refractivity contribution < 1.29 is 0 Å². The molecule has 0 spiro atoms. The maximum absolute atomic E-state index is 4.27. The SMILES string of the molecule is Cc1ccc(C)c(CN(Cc2cnc[nH]2)C(CCCCc2cnc[nH]2)Cc2ccccc2)c1. The van der Waals surface area contributed by atoms with Crippen molar-refractivity contribution in [2.45, 2.75) is 65.1 Å². The molecule has 0 bridgehead atoms. The highest BCUT2D eigenvalue weighted by atomic mass is 15.2. The van der Waals surface area contributed by atoms with Crippen LogP contribution in [-0.2, 0) is 25.9 Å². The number of rotatable bonds is 12. The van der Waals surface area contributed by atoms with Gasteiger partial charge in [-0.1, -0.05) is 60.5 Å². The molecule has 1 atom stereocenters. The highest BCUT2D eigenvalue weighted by Crippen LogP contribution is 2.22. The first kappa shape index (κ1) is 23.0. The van der Waals surface area contributed by atoms with Crippen LogP contribution in [0.1, 0.15) is 52.9 Å². The molecule has 2 heterocycles. The van der Waals surface area contributed by atoms with Gasteiger partial charge in [0, 0.05) is 42.9 Å². The van der Waals surface area contributed by atoms with Gasteiger partial charge >= 0.3 is 0 Å². The zero-order valence-electron chi connectivity index (χ0n) is 19.8. The van der Waals surface area contributed by atoms with Crippen molar-refractivity contribution >= 4 is 0 Å². The lowest BCUT2D eigenvalue weighted by Crippen LogP contribution is -2.36. The van der Waals surface area contributed by atoms with Gasteiger partial charge in [0.2, 0.25) is 0 Å². The molecule has 172 valence electrons. The molecule has 2 N–H and O–H groups in total. The molecule has 5 heteroatoms. The second kappa shape index (κ2) is 11.6. The summed E-state index contributed by atoms with van der Waals surface area (Å²) in [6.45, 7) is 6.20. The van der Waals surface area contributed by atoms with E-state index in [1.807, 2.05) is 12.4 Å². The molecule has 0 fully saturated rings. The number of aromatic nitrogens is 4. The van der Waals surface area contributed by atoms with Crippen LogP contribution in [-0.4, -0.2) is 30.9 Å². The Kier molecular flexibility index (Phi) is 8.09. The number of benzene rings is 2. The summed E-state index contributed by atoms with van der Waals surface area (Å²) in [6.07, 6.45) is 13.0. The second-order valence-electron chi connectivity index (χ2n) is 9.08. The number of unbranched alkanes of at least 4 members (excludes halogenated alkanes) is 1. The predicted molar refractivity (Wildman–Crippen MR) is 134 cm³/mol. The Hall–Kier alpha value is -3.18. The summed E-state index contributed by atoms with van der Waals surface area (Å²) in [4.78, 5) is 17.6. The number of nitrogens with one attached hydrogen (secondary N) is 2. The quantitative estimate of drug-likeness (QED) is 0.274. The number of H-pyrrole nitrogens is 2. The van der Waals surface area contributed by atoms with E-state index in [2.05, 4.69) is 87.2 Å². The van der Waals surface area contributed by atoms with Crippen molar-refractivity contribution in [1.82, 2.24) is 24.8 Å². The Morgan fingerprint density at radius 3 is 2.33 bits per heavy atom. The minimum absolute atomic E-state index is 0.442. The van der Waals surface area contributed by atoms with Gasteiger partial charge in [0.1, 0.15) is 0 Å². The molecule has 2 aromatic heterocycles. The first-order chi connectivity index (χ1) is 16.2. The van der Waals surface area contributed by atoms with Crippen LogP contribution >= 0.6 is 0 Å². The highest BCUT2D eigenvalue weighted by Gasteiger charge is 2.21. The number of nitrogens with zero attached hydrogens (tertiary/aromatic N) is 3. The summed E-state index contributed by atoms with van der Waals surface area (Å²) in [5.41, 5.74) is 7.86. The number of aryl methyl sites for hydroxylation is 3. The Morgan fingerprint density at radius 1 is 0.848 bits per heavy atom. The first-order valence-corrected chi connectivity index (χ1v) is 12.0. The van der Waals surface area contributed by atoms with Crippen LogP contribution in [0.15, 0.2) is 73.6 Å². The lowest BCUT2D eigenvalue weighted by atomic mass is 9.97. The van der Waals surface area contributed by atoms with Crippen LogP contribution in [0.25, 0.3) is 0 Å². The van der Waals surface area contributed by atoms with E-state index < -0.39 is 0 Å². The van der Waals surface area contributed by atoms with E-state index in [-0.39, 0.29) is 0 Å². The molecule has 0 aliphatic heterocycles. The summed E-state index contributed by atoms with van der Waals surface area (Å²) in [7, 11) is 0. The predicted octanol–water partition coefficient (Wildman–Crippen LogP) is 5.78. The van der Waals surface area contributed by atoms with Crippen molar-refractivity contribution in [3.8, 4) is 0 Å². The van der Waals surface area contributed by atoms with Crippen molar-refractivity contribution in [3.63, 3.8) is 0 Å². The van der Waals surface area contributed by atoms with Gasteiger partial charge in [-0.2, -0.15) is 0 Å². The number of hydrogen-bond donors (Lipinski definition) is 2. The molecule has 0 aliphatic carbocycles. The van der Waals surface area contributed by atoms with Gasteiger partial charge in [-0.05, 0) is 56.2 Å². The third-order valence-corrected chi connectivity index (χ3v) is 6.43. The van der Waals surface area contributed by atoms with E-state index in [9.17, 15) is 0 Å². The molecule has 0 radical (unpaired) electrons. The number of aromatic amines is 2. The van der Waals surface area contributed by atoms with Crippen LogP contribution in [0.4, 0.5) is 0 Å². The fourth-order valence-electron chi connectivity index (χ4n) is 4.51. The summed E-state index contributed by atoms with van der Waals surface area (Å²) in [5.74, 6) is 0. The van der Waals surface area contributed by atoms with Crippen LogP contribution in [0, 0.1) is 13.8 Å². The van der Waals surface area contributed by atoms with Gasteiger partial charge in [0.15, 0.2) is 0 Å². The van der Waals surface area contributed by atoms with Gasteiger partial charge in [-0.3, -0.25) is 4.90 Å². The molecule has 0 amide bonds. The van der Waals surface area contributed by atoms with Crippen molar-refractivity contribution in [1.29, 1.82) is 0 Å². The van der Waals surface area contributed by atoms with Crippen molar-refractivity contribution in [2.24, 2.45) is 0 Å². The summed E-state index contributed by atoms with van der Waals surface area (Å²) >= 11 is 0. The molecular formula is C28H35N5. The lowest BCUT2D eigenvalue weighted by Gasteiger charge is -2.32. The summed E-state index contributed by atoms with van der Waals surface area (Å²) in [6, 6.07) is 18.1. The van der Waals surface area contributed by atoms with E-state index in [0.29, 0.717) is 6.04 Å². The van der Waals surface area contributed by atoms with Crippen LogP contribution in [0.3, 0.4) is 0 Å². The minimum atomic E-state index is 0.442. The van der Waals surface area contributed by atoms with Crippen LogP contribution in [0.5, 0.6) is 0 Å². The third-order valence-electron chi connectivity index (χ3n) is 6.43. The molecule has 2 aromatic carbocycles. The topological polar surface area (TPSA) is 60.6 Å². The molecular weight excluding hydrogens is 406 g/mol. The van der Waals surface area contributed by atoms with Crippen molar-refractivity contribution in [2.75, 3.05) is 0 Å². The average Bonchev–Trinajstić information content (AvgIpc) is 3.53. The Balaban J connectivity index is 1.53. The van der Waals surface area contributed by atoms with Crippen LogP contribution in [0.2, 0.25) is 0 Å². The molecule has 4 rings (SSSR count). The summed E-state index contributed by atoms with van der Waals surface area (Å²) < 4.78 is 0. The van der Waals surface area contributed by atoms with Gasteiger partial charge in [-0.25, -0.2) is 9.97 Å². The van der Waals surface area contributed by atoms with Crippen molar-refractivity contribution in [3.05, 3.63) is 107 Å². The normalized spacial score (nSPS) is 12.3. The molecule has 4 aromatic rings. The Labute approximate surface area is 197 Å². The zero-order chi connectivity index (χ0) is 22.9.